The van der Waals surface area contributed by atoms with Crippen molar-refractivity contribution in [2.45, 2.75) is 32.0 Å². The first-order valence-electron chi connectivity index (χ1n) is 4.58. The molecule has 13 heavy (non-hydrogen) atoms. The number of hydrogen-bond donors (Lipinski definition) is 1. The molecule has 1 unspecified atom stereocenters. The van der Waals surface area contributed by atoms with Gasteiger partial charge in [-0.3, -0.25) is 0 Å². The summed E-state index contributed by atoms with van der Waals surface area (Å²) >= 11 is 0.482. The maximum atomic E-state index is 9.88. The summed E-state index contributed by atoms with van der Waals surface area (Å²) in [6, 6.07) is 2.10. The van der Waals surface area contributed by atoms with Crippen LogP contribution in [-0.4, -0.2) is 20.1 Å². The third-order valence-electron chi connectivity index (χ3n) is 2.58. The van der Waals surface area contributed by atoms with Crippen molar-refractivity contribution >= 4 is 19.4 Å². The molecule has 0 saturated heterocycles. The van der Waals surface area contributed by atoms with Crippen molar-refractivity contribution in [2.24, 2.45) is 0 Å². The van der Waals surface area contributed by atoms with Crippen molar-refractivity contribution < 1.29 is 5.11 Å². The molecule has 1 aliphatic rings. The van der Waals surface area contributed by atoms with Crippen LogP contribution >= 0.6 is 0 Å². The Morgan fingerprint density at radius 3 is 2.77 bits per heavy atom. The van der Waals surface area contributed by atoms with Crippen LogP contribution in [0.5, 0.6) is 5.75 Å². The monoisotopic (exact) mass is 242 g/mol. The molecule has 0 aliphatic carbocycles. The maximum absolute atomic E-state index is 9.88. The molecule has 1 nitrogen and oxygen atoms in total. The van der Waals surface area contributed by atoms with E-state index in [-0.39, 0.29) is 0 Å². The van der Waals surface area contributed by atoms with Crippen LogP contribution in [0.4, 0.5) is 0 Å². The van der Waals surface area contributed by atoms with Crippen LogP contribution in [0.25, 0.3) is 0 Å². The Morgan fingerprint density at radius 2 is 2.08 bits per heavy atom. The first-order chi connectivity index (χ1) is 6.09. The molecule has 1 heterocycles. The number of fused-ring (bicyclic) bond motifs is 1. The van der Waals surface area contributed by atoms with E-state index in [4.69, 9.17) is 0 Å². The standard InChI is InChI=1S/C11H14OSe/c1-6-4-7(2)10(12)11-9(6)5-8(3)13-11/h4,8,12H,5H2,1-3H3. The second-order valence-corrected chi connectivity index (χ2v) is 6.84. The Hall–Kier alpha value is -0.461. The topological polar surface area (TPSA) is 20.2 Å². The number of rotatable bonds is 0. The fourth-order valence-electron chi connectivity index (χ4n) is 1.89. The molecule has 0 saturated carbocycles. The predicted octanol–water partition coefficient (Wildman–Crippen LogP) is 1.70. The average molecular weight is 241 g/mol. The second kappa shape index (κ2) is 3.04. The Morgan fingerprint density at radius 1 is 1.38 bits per heavy atom. The molecule has 0 spiro atoms. The van der Waals surface area contributed by atoms with Gasteiger partial charge >= 0.3 is 85.0 Å². The molecule has 2 heteroatoms. The summed E-state index contributed by atoms with van der Waals surface area (Å²) in [6.45, 7) is 6.41. The van der Waals surface area contributed by atoms with Crippen molar-refractivity contribution in [3.63, 3.8) is 0 Å². The molecule has 1 aromatic rings. The van der Waals surface area contributed by atoms with Crippen LogP contribution in [0.3, 0.4) is 0 Å². The summed E-state index contributed by atoms with van der Waals surface area (Å²) in [5.41, 5.74) is 3.80. The molecule has 0 amide bonds. The van der Waals surface area contributed by atoms with E-state index in [2.05, 4.69) is 19.9 Å². The van der Waals surface area contributed by atoms with Crippen LogP contribution < -0.4 is 4.46 Å². The van der Waals surface area contributed by atoms with E-state index in [1.165, 1.54) is 15.6 Å². The van der Waals surface area contributed by atoms with E-state index in [0.717, 1.165) is 16.8 Å². The van der Waals surface area contributed by atoms with Crippen molar-refractivity contribution in [3.8, 4) is 5.75 Å². The van der Waals surface area contributed by atoms with Crippen molar-refractivity contribution in [3.05, 3.63) is 22.8 Å². The van der Waals surface area contributed by atoms with Gasteiger partial charge in [0, 0.05) is 0 Å². The molecule has 1 N–H and O–H groups in total. The zero-order valence-electron chi connectivity index (χ0n) is 8.22. The van der Waals surface area contributed by atoms with Crippen LogP contribution in [0.1, 0.15) is 23.6 Å². The zero-order valence-corrected chi connectivity index (χ0v) is 9.93. The Balaban J connectivity index is 2.62. The number of phenolic OH excluding ortho intramolecular Hbond substituents is 1. The molecule has 2 rings (SSSR count). The molecule has 1 aromatic carbocycles. The van der Waals surface area contributed by atoms with Gasteiger partial charge < -0.3 is 0 Å². The van der Waals surface area contributed by atoms with Gasteiger partial charge in [-0.25, -0.2) is 0 Å². The number of aromatic hydroxyl groups is 1. The zero-order chi connectivity index (χ0) is 9.59. The van der Waals surface area contributed by atoms with Crippen LogP contribution in [0.15, 0.2) is 6.07 Å². The van der Waals surface area contributed by atoms with Gasteiger partial charge in [0.15, 0.2) is 0 Å². The van der Waals surface area contributed by atoms with Crippen molar-refractivity contribution in [2.75, 3.05) is 0 Å². The molecule has 1 atom stereocenters. The van der Waals surface area contributed by atoms with E-state index in [1.807, 2.05) is 6.92 Å². The third kappa shape index (κ3) is 1.38. The fourth-order valence-corrected chi connectivity index (χ4v) is 4.64. The number of benzene rings is 1. The molecule has 0 bridgehead atoms. The van der Waals surface area contributed by atoms with E-state index < -0.39 is 0 Å². The molecule has 1 aliphatic heterocycles. The molecular formula is C11H14OSe. The first-order valence-corrected chi connectivity index (χ1v) is 6.43. The van der Waals surface area contributed by atoms with E-state index in [9.17, 15) is 5.11 Å². The van der Waals surface area contributed by atoms with Crippen molar-refractivity contribution in [1.29, 1.82) is 0 Å². The van der Waals surface area contributed by atoms with Gasteiger partial charge in [-0.05, 0) is 0 Å². The van der Waals surface area contributed by atoms with Gasteiger partial charge in [-0.2, -0.15) is 0 Å². The second-order valence-electron chi connectivity index (χ2n) is 3.80. The van der Waals surface area contributed by atoms with Gasteiger partial charge in [-0.1, -0.05) is 0 Å². The fraction of sp³-hybridized carbons (Fsp3) is 0.455. The van der Waals surface area contributed by atoms with Crippen LogP contribution in [-0.2, 0) is 6.42 Å². The predicted molar refractivity (Wildman–Crippen MR) is 56.1 cm³/mol. The third-order valence-corrected chi connectivity index (χ3v) is 5.19. The van der Waals surface area contributed by atoms with Gasteiger partial charge in [0.2, 0.25) is 0 Å². The van der Waals surface area contributed by atoms with Crippen LogP contribution in [0, 0.1) is 13.8 Å². The van der Waals surface area contributed by atoms with E-state index in [1.54, 1.807) is 0 Å². The summed E-state index contributed by atoms with van der Waals surface area (Å²) in [4.78, 5) is 0.758. The minimum absolute atomic E-state index is 0.482. The number of aryl methyl sites for hydroxylation is 2. The summed E-state index contributed by atoms with van der Waals surface area (Å²) in [7, 11) is 0. The van der Waals surface area contributed by atoms with Gasteiger partial charge in [0.05, 0.1) is 0 Å². The summed E-state index contributed by atoms with van der Waals surface area (Å²) in [6.07, 6.45) is 1.16. The summed E-state index contributed by atoms with van der Waals surface area (Å²) in [5.74, 6) is 0.560. The molecule has 0 radical (unpaired) electrons. The Kier molecular flexibility index (Phi) is 2.13. The van der Waals surface area contributed by atoms with Gasteiger partial charge in [-0.15, -0.1) is 0 Å². The normalized spacial score (nSPS) is 20.4. The van der Waals surface area contributed by atoms with Gasteiger partial charge in [0.1, 0.15) is 0 Å². The molecule has 0 fully saturated rings. The molecular weight excluding hydrogens is 227 g/mol. The van der Waals surface area contributed by atoms with Crippen LogP contribution in [0.2, 0.25) is 4.82 Å². The average Bonchev–Trinajstić information content (AvgIpc) is 2.44. The van der Waals surface area contributed by atoms with E-state index in [0.29, 0.717) is 20.7 Å². The Bertz CT molecular complexity index is 358. The van der Waals surface area contributed by atoms with E-state index >= 15 is 0 Å². The molecule has 70 valence electrons. The van der Waals surface area contributed by atoms with Gasteiger partial charge in [0.25, 0.3) is 0 Å². The number of phenols is 1. The molecule has 0 aromatic heterocycles. The number of hydrogen-bond acceptors (Lipinski definition) is 1. The summed E-state index contributed by atoms with van der Waals surface area (Å²) in [5, 5.41) is 9.88. The first kappa shape index (κ1) is 9.11. The summed E-state index contributed by atoms with van der Waals surface area (Å²) < 4.78 is 1.26. The Labute approximate surface area is 85.3 Å². The quantitative estimate of drug-likeness (QED) is 0.685. The minimum atomic E-state index is 0.482. The van der Waals surface area contributed by atoms with Crippen molar-refractivity contribution in [1.82, 2.24) is 0 Å². The SMILES string of the molecule is Cc1cc(C)c2c(c1O)[Se]C(C)C2.